The van der Waals surface area contributed by atoms with Crippen LogP contribution in [0.5, 0.6) is 0 Å². The topological polar surface area (TPSA) is 48.3 Å². The molecule has 0 bridgehead atoms. The number of carbonyl (C=O) groups excluding carboxylic acids is 1. The van der Waals surface area contributed by atoms with Crippen LogP contribution in [0.1, 0.15) is 23.6 Å². The predicted octanol–water partition coefficient (Wildman–Crippen LogP) is 4.16. The van der Waals surface area contributed by atoms with Crippen molar-refractivity contribution >= 4 is 16.9 Å². The Hall–Kier alpha value is -2.88. The molecule has 0 saturated carbocycles. The molecule has 1 heterocycles. The summed E-state index contributed by atoms with van der Waals surface area (Å²) in [6.07, 6.45) is 0. The number of esters is 1. The SMILES string of the molecule is CCOC(=O)Cn1c(=O)c(-c2ccc(C)cc2)cc2c(C)cc(C)cc21. The maximum Gasteiger partial charge on any atom is 0.326 e. The highest BCUT2D eigenvalue weighted by atomic mass is 16.5. The van der Waals surface area contributed by atoms with Gasteiger partial charge in [0.2, 0.25) is 0 Å². The van der Waals surface area contributed by atoms with Gasteiger partial charge in [0.15, 0.2) is 0 Å². The van der Waals surface area contributed by atoms with Crippen molar-refractivity contribution in [3.63, 3.8) is 0 Å². The van der Waals surface area contributed by atoms with Crippen molar-refractivity contribution in [1.29, 1.82) is 0 Å². The number of nitrogens with zero attached hydrogens (tertiary/aromatic N) is 1. The first-order valence-corrected chi connectivity index (χ1v) is 8.78. The van der Waals surface area contributed by atoms with E-state index in [9.17, 15) is 9.59 Å². The molecule has 4 heteroatoms. The average molecular weight is 349 g/mol. The monoisotopic (exact) mass is 349 g/mol. The van der Waals surface area contributed by atoms with Gasteiger partial charge in [0.25, 0.3) is 5.56 Å². The van der Waals surface area contributed by atoms with E-state index in [2.05, 4.69) is 6.07 Å². The Kier molecular flexibility index (Phi) is 4.94. The minimum absolute atomic E-state index is 0.0915. The standard InChI is InChI=1S/C22H23NO3/c1-5-26-21(24)13-23-20-11-15(3)10-16(4)18(20)12-19(22(23)25)17-8-6-14(2)7-9-17/h6-12H,5,13H2,1-4H3. The van der Waals surface area contributed by atoms with Gasteiger partial charge in [0.05, 0.1) is 12.1 Å². The van der Waals surface area contributed by atoms with Gasteiger partial charge in [-0.2, -0.15) is 0 Å². The molecule has 0 amide bonds. The van der Waals surface area contributed by atoms with Crippen LogP contribution in [-0.4, -0.2) is 17.1 Å². The summed E-state index contributed by atoms with van der Waals surface area (Å²) < 4.78 is 6.60. The number of aromatic nitrogens is 1. The molecular formula is C22H23NO3. The zero-order valence-corrected chi connectivity index (χ0v) is 15.6. The summed E-state index contributed by atoms with van der Waals surface area (Å²) in [5, 5.41) is 0.968. The van der Waals surface area contributed by atoms with Crippen molar-refractivity contribution in [3.8, 4) is 11.1 Å². The summed E-state index contributed by atoms with van der Waals surface area (Å²) in [4.78, 5) is 25.3. The summed E-state index contributed by atoms with van der Waals surface area (Å²) >= 11 is 0. The lowest BCUT2D eigenvalue weighted by molar-refractivity contribution is -0.143. The first kappa shape index (κ1) is 17.9. The second kappa shape index (κ2) is 7.16. The Morgan fingerprint density at radius 1 is 1.00 bits per heavy atom. The summed E-state index contributed by atoms with van der Waals surface area (Å²) in [5.74, 6) is -0.406. The molecule has 0 N–H and O–H groups in total. The molecular weight excluding hydrogens is 326 g/mol. The first-order valence-electron chi connectivity index (χ1n) is 8.78. The zero-order valence-electron chi connectivity index (χ0n) is 15.6. The van der Waals surface area contributed by atoms with E-state index < -0.39 is 5.97 Å². The van der Waals surface area contributed by atoms with E-state index in [0.717, 1.165) is 33.2 Å². The number of rotatable bonds is 4. The van der Waals surface area contributed by atoms with Crippen molar-refractivity contribution in [2.45, 2.75) is 34.2 Å². The number of hydrogen-bond donors (Lipinski definition) is 0. The van der Waals surface area contributed by atoms with Crippen molar-refractivity contribution in [2.75, 3.05) is 6.61 Å². The Balaban J connectivity index is 2.30. The predicted molar refractivity (Wildman–Crippen MR) is 104 cm³/mol. The minimum atomic E-state index is -0.406. The maximum absolute atomic E-state index is 13.2. The van der Waals surface area contributed by atoms with Crippen LogP contribution in [0.4, 0.5) is 0 Å². The van der Waals surface area contributed by atoms with E-state index in [4.69, 9.17) is 4.74 Å². The van der Waals surface area contributed by atoms with Crippen LogP contribution in [0.2, 0.25) is 0 Å². The molecule has 0 fully saturated rings. The summed E-state index contributed by atoms with van der Waals surface area (Å²) in [6, 6.07) is 13.8. The van der Waals surface area contributed by atoms with Crippen molar-refractivity contribution in [3.05, 3.63) is 69.5 Å². The van der Waals surface area contributed by atoms with Crippen LogP contribution >= 0.6 is 0 Å². The van der Waals surface area contributed by atoms with Crippen LogP contribution in [0.25, 0.3) is 22.0 Å². The molecule has 4 nitrogen and oxygen atoms in total. The van der Waals surface area contributed by atoms with Gasteiger partial charge in [-0.15, -0.1) is 0 Å². The number of ether oxygens (including phenoxy) is 1. The number of aryl methyl sites for hydroxylation is 3. The number of carbonyl (C=O) groups is 1. The molecule has 0 radical (unpaired) electrons. The van der Waals surface area contributed by atoms with Crippen LogP contribution in [0, 0.1) is 20.8 Å². The van der Waals surface area contributed by atoms with Gasteiger partial charge >= 0.3 is 5.97 Å². The smallest absolute Gasteiger partial charge is 0.326 e. The Bertz CT molecular complexity index is 1030. The van der Waals surface area contributed by atoms with Crippen molar-refractivity contribution < 1.29 is 9.53 Å². The number of fused-ring (bicyclic) bond motifs is 1. The second-order valence-electron chi connectivity index (χ2n) is 6.63. The van der Waals surface area contributed by atoms with E-state index >= 15 is 0 Å². The molecule has 0 atom stereocenters. The summed E-state index contributed by atoms with van der Waals surface area (Å²) in [6.45, 7) is 7.98. The maximum atomic E-state index is 13.2. The highest BCUT2D eigenvalue weighted by Gasteiger charge is 2.15. The molecule has 3 aromatic rings. The summed E-state index contributed by atoms with van der Waals surface area (Å²) in [7, 11) is 0. The minimum Gasteiger partial charge on any atom is -0.465 e. The fourth-order valence-corrected chi connectivity index (χ4v) is 3.26. The lowest BCUT2D eigenvalue weighted by atomic mass is 10.00. The third-order valence-corrected chi connectivity index (χ3v) is 4.52. The summed E-state index contributed by atoms with van der Waals surface area (Å²) in [5.41, 5.74) is 5.28. The molecule has 2 aromatic carbocycles. The Morgan fingerprint density at radius 2 is 1.69 bits per heavy atom. The Morgan fingerprint density at radius 3 is 2.35 bits per heavy atom. The third kappa shape index (κ3) is 3.40. The van der Waals surface area contributed by atoms with Gasteiger partial charge in [-0.25, -0.2) is 0 Å². The molecule has 0 spiro atoms. The highest BCUT2D eigenvalue weighted by molar-refractivity contribution is 5.88. The zero-order chi connectivity index (χ0) is 18.8. The van der Waals surface area contributed by atoms with Gasteiger partial charge < -0.3 is 4.74 Å². The van der Waals surface area contributed by atoms with E-state index in [1.165, 1.54) is 4.57 Å². The average Bonchev–Trinajstić information content (AvgIpc) is 2.58. The largest absolute Gasteiger partial charge is 0.465 e. The molecule has 3 rings (SSSR count). The lowest BCUT2D eigenvalue weighted by Gasteiger charge is -2.15. The van der Waals surface area contributed by atoms with Crippen LogP contribution < -0.4 is 5.56 Å². The molecule has 0 unspecified atom stereocenters. The van der Waals surface area contributed by atoms with E-state index in [-0.39, 0.29) is 12.1 Å². The lowest BCUT2D eigenvalue weighted by Crippen LogP contribution is -2.27. The molecule has 0 saturated heterocycles. The first-order chi connectivity index (χ1) is 12.4. The van der Waals surface area contributed by atoms with Gasteiger partial charge in [-0.05, 0) is 56.5 Å². The molecule has 1 aromatic heterocycles. The fourth-order valence-electron chi connectivity index (χ4n) is 3.26. The van der Waals surface area contributed by atoms with Gasteiger partial charge in [0, 0.05) is 10.9 Å². The van der Waals surface area contributed by atoms with Crippen LogP contribution in [0.3, 0.4) is 0 Å². The van der Waals surface area contributed by atoms with E-state index in [1.54, 1.807) is 6.92 Å². The Labute approximate surface area is 153 Å². The molecule has 0 aliphatic carbocycles. The van der Waals surface area contributed by atoms with Crippen LogP contribution in [0.15, 0.2) is 47.3 Å². The quantitative estimate of drug-likeness (QED) is 0.665. The normalized spacial score (nSPS) is 10.9. The molecule has 26 heavy (non-hydrogen) atoms. The number of pyridine rings is 1. The number of hydrogen-bond acceptors (Lipinski definition) is 3. The number of benzene rings is 2. The molecule has 0 aliphatic rings. The highest BCUT2D eigenvalue weighted by Crippen LogP contribution is 2.25. The van der Waals surface area contributed by atoms with E-state index in [0.29, 0.717) is 12.2 Å². The second-order valence-corrected chi connectivity index (χ2v) is 6.63. The van der Waals surface area contributed by atoms with Gasteiger partial charge in [-0.3, -0.25) is 14.2 Å². The van der Waals surface area contributed by atoms with Gasteiger partial charge in [0.1, 0.15) is 6.54 Å². The third-order valence-electron chi connectivity index (χ3n) is 4.52. The molecule has 0 aliphatic heterocycles. The van der Waals surface area contributed by atoms with Crippen LogP contribution in [-0.2, 0) is 16.1 Å². The molecule has 134 valence electrons. The fraction of sp³-hybridized carbons (Fsp3) is 0.273. The van der Waals surface area contributed by atoms with Crippen molar-refractivity contribution in [2.24, 2.45) is 0 Å². The van der Waals surface area contributed by atoms with Gasteiger partial charge in [-0.1, -0.05) is 35.9 Å². The van der Waals surface area contributed by atoms with Crippen molar-refractivity contribution in [1.82, 2.24) is 4.57 Å². The van der Waals surface area contributed by atoms with E-state index in [1.807, 2.05) is 57.2 Å².